The molecule has 0 radical (unpaired) electrons. The summed E-state index contributed by atoms with van der Waals surface area (Å²) >= 11 is 1.28. The fourth-order valence-electron chi connectivity index (χ4n) is 0.833. The molecule has 1 aromatic heterocycles. The molecule has 0 bridgehead atoms. The molecule has 0 saturated heterocycles. The van der Waals surface area contributed by atoms with Gasteiger partial charge in [0.1, 0.15) is 17.2 Å². The van der Waals surface area contributed by atoms with Crippen LogP contribution in [0.4, 0.5) is 5.82 Å². The Balaban J connectivity index is 2.46. The van der Waals surface area contributed by atoms with Crippen LogP contribution in [-0.4, -0.2) is 28.3 Å². The van der Waals surface area contributed by atoms with Crippen molar-refractivity contribution in [1.29, 1.82) is 0 Å². The first-order chi connectivity index (χ1) is 7.26. The van der Waals surface area contributed by atoms with Crippen molar-refractivity contribution in [3.63, 3.8) is 0 Å². The number of nitrogen functional groups attached to an aromatic ring is 1. The van der Waals surface area contributed by atoms with Crippen molar-refractivity contribution in [2.45, 2.75) is 11.9 Å². The van der Waals surface area contributed by atoms with Crippen molar-refractivity contribution in [2.24, 2.45) is 5.84 Å². The average Bonchev–Trinajstić information content (AvgIpc) is 2.27. The van der Waals surface area contributed by atoms with Crippen molar-refractivity contribution in [3.05, 3.63) is 12.4 Å². The first-order valence-electron chi connectivity index (χ1n) is 4.33. The Labute approximate surface area is 91.6 Å². The number of nitrogens with two attached hydrogens (primary N) is 1. The maximum absolute atomic E-state index is 11.0. The normalized spacial score (nSPS) is 9.73. The molecular formula is C8H12N4O2S. The summed E-state index contributed by atoms with van der Waals surface area (Å²) in [6, 6.07) is 1.66. The highest BCUT2D eigenvalue weighted by atomic mass is 32.2. The average molecular weight is 228 g/mol. The van der Waals surface area contributed by atoms with Gasteiger partial charge in [0.05, 0.1) is 12.4 Å². The van der Waals surface area contributed by atoms with Crippen molar-refractivity contribution in [3.8, 4) is 0 Å². The number of aromatic nitrogens is 2. The number of hydrazine groups is 1. The molecule has 0 aliphatic rings. The Hall–Kier alpha value is -1.34. The third-order valence-corrected chi connectivity index (χ3v) is 2.33. The van der Waals surface area contributed by atoms with E-state index in [1.165, 1.54) is 18.1 Å². The van der Waals surface area contributed by atoms with Crippen LogP contribution in [0.1, 0.15) is 6.92 Å². The Morgan fingerprint density at radius 1 is 1.67 bits per heavy atom. The second-order valence-corrected chi connectivity index (χ2v) is 3.48. The Bertz CT molecular complexity index is 334. The molecular weight excluding hydrogens is 216 g/mol. The monoisotopic (exact) mass is 228 g/mol. The van der Waals surface area contributed by atoms with E-state index in [-0.39, 0.29) is 11.7 Å². The third-order valence-electron chi connectivity index (χ3n) is 1.43. The van der Waals surface area contributed by atoms with E-state index in [9.17, 15) is 4.79 Å². The van der Waals surface area contributed by atoms with Crippen LogP contribution in [0.3, 0.4) is 0 Å². The van der Waals surface area contributed by atoms with Gasteiger partial charge in [-0.15, -0.1) is 0 Å². The quantitative estimate of drug-likeness (QED) is 0.248. The maximum Gasteiger partial charge on any atom is 0.316 e. The lowest BCUT2D eigenvalue weighted by Gasteiger charge is -2.02. The fraction of sp³-hybridized carbons (Fsp3) is 0.375. The number of ether oxygens (including phenoxy) is 1. The van der Waals surface area contributed by atoms with E-state index in [2.05, 4.69) is 15.4 Å². The second kappa shape index (κ2) is 6.20. The maximum atomic E-state index is 11.0. The molecule has 0 amide bonds. The summed E-state index contributed by atoms with van der Waals surface area (Å²) in [7, 11) is 0. The predicted octanol–water partition coefficient (Wildman–Crippen LogP) is 0.417. The van der Waals surface area contributed by atoms with Gasteiger partial charge in [0.25, 0.3) is 0 Å². The van der Waals surface area contributed by atoms with Gasteiger partial charge in [-0.1, -0.05) is 11.8 Å². The van der Waals surface area contributed by atoms with E-state index in [1.807, 2.05) is 0 Å². The highest BCUT2D eigenvalue weighted by Crippen LogP contribution is 2.16. The van der Waals surface area contributed by atoms with Crippen molar-refractivity contribution >= 4 is 23.5 Å². The van der Waals surface area contributed by atoms with E-state index in [4.69, 9.17) is 10.6 Å². The fourth-order valence-corrected chi connectivity index (χ4v) is 1.50. The molecule has 1 heterocycles. The highest BCUT2D eigenvalue weighted by molar-refractivity contribution is 7.99. The van der Waals surface area contributed by atoms with Crippen LogP contribution < -0.4 is 11.3 Å². The number of nitrogens with one attached hydrogen (secondary N) is 1. The van der Waals surface area contributed by atoms with E-state index in [0.29, 0.717) is 17.5 Å². The van der Waals surface area contributed by atoms with Gasteiger partial charge in [-0.3, -0.25) is 4.79 Å². The lowest BCUT2D eigenvalue weighted by Crippen LogP contribution is -2.09. The van der Waals surface area contributed by atoms with Crippen LogP contribution in [-0.2, 0) is 9.53 Å². The largest absolute Gasteiger partial charge is 0.465 e. The molecule has 82 valence electrons. The zero-order valence-electron chi connectivity index (χ0n) is 8.27. The SMILES string of the molecule is CCOC(=O)CSc1cc(NN)ncn1. The minimum atomic E-state index is -0.261. The Morgan fingerprint density at radius 3 is 3.13 bits per heavy atom. The summed E-state index contributed by atoms with van der Waals surface area (Å²) in [5.74, 6) is 5.66. The first kappa shape index (κ1) is 11.7. The zero-order valence-corrected chi connectivity index (χ0v) is 9.08. The first-order valence-corrected chi connectivity index (χ1v) is 5.32. The molecule has 0 unspecified atom stereocenters. The molecule has 15 heavy (non-hydrogen) atoms. The van der Waals surface area contributed by atoms with Crippen LogP contribution >= 0.6 is 11.8 Å². The van der Waals surface area contributed by atoms with Crippen LogP contribution in [0, 0.1) is 0 Å². The van der Waals surface area contributed by atoms with E-state index >= 15 is 0 Å². The zero-order chi connectivity index (χ0) is 11.1. The highest BCUT2D eigenvalue weighted by Gasteiger charge is 2.04. The van der Waals surface area contributed by atoms with Crippen LogP contribution in [0.5, 0.6) is 0 Å². The molecule has 0 saturated carbocycles. The Kier molecular flexibility index (Phi) is 4.85. The molecule has 7 heteroatoms. The van der Waals surface area contributed by atoms with Gasteiger partial charge in [-0.2, -0.15) is 0 Å². The molecule has 1 rings (SSSR count). The molecule has 0 aliphatic heterocycles. The molecule has 6 nitrogen and oxygen atoms in total. The molecule has 1 aromatic rings. The lowest BCUT2D eigenvalue weighted by atomic mass is 10.6. The van der Waals surface area contributed by atoms with Crippen LogP contribution in [0.15, 0.2) is 17.4 Å². The summed E-state index contributed by atoms with van der Waals surface area (Å²) in [6.07, 6.45) is 1.38. The number of carbonyl (C=O) groups excluding carboxylic acids is 1. The molecule has 0 atom stereocenters. The topological polar surface area (TPSA) is 90.1 Å². The second-order valence-electron chi connectivity index (χ2n) is 2.48. The summed E-state index contributed by atoms with van der Waals surface area (Å²) in [6.45, 7) is 2.16. The van der Waals surface area contributed by atoms with Crippen LogP contribution in [0.2, 0.25) is 0 Å². The van der Waals surface area contributed by atoms with Gasteiger partial charge < -0.3 is 10.2 Å². The summed E-state index contributed by atoms with van der Waals surface area (Å²) in [5.41, 5.74) is 2.40. The van der Waals surface area contributed by atoms with E-state index in [0.717, 1.165) is 0 Å². The number of anilines is 1. The standard InChI is InChI=1S/C8H12N4O2S/c1-2-14-8(13)4-15-7-3-6(12-9)10-5-11-7/h3,5H,2,4,9H2,1H3,(H,10,11,12). The van der Waals surface area contributed by atoms with Crippen molar-refractivity contribution in [1.82, 2.24) is 9.97 Å². The van der Waals surface area contributed by atoms with Gasteiger partial charge in [0.2, 0.25) is 0 Å². The van der Waals surface area contributed by atoms with Gasteiger partial charge in [-0.25, -0.2) is 15.8 Å². The molecule has 0 aromatic carbocycles. The Morgan fingerprint density at radius 2 is 2.47 bits per heavy atom. The number of thioether (sulfide) groups is 1. The summed E-state index contributed by atoms with van der Waals surface area (Å²) in [4.78, 5) is 18.9. The summed E-state index contributed by atoms with van der Waals surface area (Å²) in [5, 5.41) is 0.672. The minimum Gasteiger partial charge on any atom is -0.465 e. The lowest BCUT2D eigenvalue weighted by molar-refractivity contribution is -0.139. The molecule has 0 aliphatic carbocycles. The summed E-state index contributed by atoms with van der Waals surface area (Å²) < 4.78 is 4.78. The van der Waals surface area contributed by atoms with Gasteiger partial charge >= 0.3 is 5.97 Å². The van der Waals surface area contributed by atoms with Crippen LogP contribution in [0.25, 0.3) is 0 Å². The number of rotatable bonds is 5. The van der Waals surface area contributed by atoms with Gasteiger partial charge in [0, 0.05) is 6.07 Å². The third kappa shape index (κ3) is 4.13. The van der Waals surface area contributed by atoms with Gasteiger partial charge in [0.15, 0.2) is 0 Å². The number of hydrogen-bond acceptors (Lipinski definition) is 7. The number of hydrogen-bond donors (Lipinski definition) is 2. The van der Waals surface area contributed by atoms with E-state index in [1.54, 1.807) is 13.0 Å². The molecule has 0 fully saturated rings. The van der Waals surface area contributed by atoms with Crippen molar-refractivity contribution < 1.29 is 9.53 Å². The molecule has 3 N–H and O–H groups in total. The number of esters is 1. The minimum absolute atomic E-state index is 0.231. The number of carbonyl (C=O) groups is 1. The van der Waals surface area contributed by atoms with Gasteiger partial charge in [-0.05, 0) is 6.92 Å². The molecule has 0 spiro atoms. The van der Waals surface area contributed by atoms with Crippen molar-refractivity contribution in [2.75, 3.05) is 17.8 Å². The number of nitrogens with zero attached hydrogens (tertiary/aromatic N) is 2. The smallest absolute Gasteiger partial charge is 0.316 e. The predicted molar refractivity (Wildman–Crippen MR) is 57.2 cm³/mol. The van der Waals surface area contributed by atoms with E-state index < -0.39 is 0 Å².